The highest BCUT2D eigenvalue weighted by atomic mass is 16.2. The highest BCUT2D eigenvalue weighted by Gasteiger charge is 2.18. The normalized spacial score (nSPS) is 10.9. The predicted molar refractivity (Wildman–Crippen MR) is 109 cm³/mol. The number of carbonyl (C=O) groups excluding carboxylic acids is 1. The molecule has 3 rings (SSSR count). The summed E-state index contributed by atoms with van der Waals surface area (Å²) >= 11 is 0. The molecule has 0 aliphatic carbocycles. The molecule has 0 saturated heterocycles. The number of aryl methyl sites for hydroxylation is 4. The van der Waals surface area contributed by atoms with E-state index in [0.717, 1.165) is 33.8 Å². The van der Waals surface area contributed by atoms with Gasteiger partial charge in [-0.15, -0.1) is 0 Å². The number of benzene rings is 1. The molecule has 0 atom stereocenters. The van der Waals surface area contributed by atoms with Crippen molar-refractivity contribution in [2.75, 3.05) is 11.4 Å². The first-order valence-corrected chi connectivity index (χ1v) is 9.48. The van der Waals surface area contributed by atoms with Gasteiger partial charge >= 0.3 is 0 Å². The Hall–Kier alpha value is -3.20. The summed E-state index contributed by atoms with van der Waals surface area (Å²) in [6, 6.07) is 8.32. The Morgan fingerprint density at radius 2 is 1.86 bits per heavy atom. The summed E-state index contributed by atoms with van der Waals surface area (Å²) in [4.78, 5) is 19.3. The van der Waals surface area contributed by atoms with Gasteiger partial charge < -0.3 is 4.90 Å². The first-order valence-electron chi connectivity index (χ1n) is 9.48. The molecule has 1 amide bonds. The lowest BCUT2D eigenvalue weighted by molar-refractivity contribution is -0.118. The van der Waals surface area contributed by atoms with Gasteiger partial charge in [0, 0.05) is 30.0 Å². The Morgan fingerprint density at radius 3 is 2.46 bits per heavy atom. The summed E-state index contributed by atoms with van der Waals surface area (Å²) in [5, 5.41) is 13.5. The fourth-order valence-corrected chi connectivity index (χ4v) is 3.73. The van der Waals surface area contributed by atoms with Crippen LogP contribution in [0.2, 0.25) is 0 Å². The number of amides is 1. The van der Waals surface area contributed by atoms with E-state index in [1.165, 1.54) is 6.20 Å². The molecule has 0 fully saturated rings. The smallest absolute Gasteiger partial charge is 0.227 e. The maximum absolute atomic E-state index is 12.9. The van der Waals surface area contributed by atoms with Gasteiger partial charge in [0.1, 0.15) is 11.6 Å². The van der Waals surface area contributed by atoms with Gasteiger partial charge in [0.2, 0.25) is 5.91 Å². The van der Waals surface area contributed by atoms with Crippen LogP contribution in [0.3, 0.4) is 0 Å². The molecule has 0 aliphatic heterocycles. The molecule has 28 heavy (non-hydrogen) atoms. The van der Waals surface area contributed by atoms with Crippen LogP contribution in [0, 0.1) is 39.0 Å². The standard InChI is InChI=1S/C22H25N5O/c1-6-26(19-10-14(2)9-15(3)11-19)21(28)8-7-20-16(4)25-22-18(12-23)13-24-27(22)17(20)5/h9-11,13H,6-8H2,1-5H3. The molecule has 0 N–H and O–H groups in total. The second kappa shape index (κ2) is 7.81. The third-order valence-corrected chi connectivity index (χ3v) is 5.05. The van der Waals surface area contributed by atoms with Gasteiger partial charge in [-0.1, -0.05) is 6.07 Å². The summed E-state index contributed by atoms with van der Waals surface area (Å²) < 4.78 is 1.69. The van der Waals surface area contributed by atoms with Gasteiger partial charge in [0.15, 0.2) is 5.65 Å². The fourth-order valence-electron chi connectivity index (χ4n) is 3.73. The van der Waals surface area contributed by atoms with Crippen molar-refractivity contribution in [2.45, 2.75) is 47.5 Å². The van der Waals surface area contributed by atoms with Crippen LogP contribution in [0.4, 0.5) is 5.69 Å². The first-order chi connectivity index (χ1) is 13.3. The number of nitrogens with zero attached hydrogens (tertiary/aromatic N) is 5. The number of carbonyl (C=O) groups is 1. The van der Waals surface area contributed by atoms with E-state index in [9.17, 15) is 10.1 Å². The minimum Gasteiger partial charge on any atom is -0.313 e. The van der Waals surface area contributed by atoms with Crippen LogP contribution in [-0.2, 0) is 11.2 Å². The molecule has 0 aliphatic rings. The fraction of sp³-hybridized carbons (Fsp3) is 0.364. The minimum atomic E-state index is 0.0876. The molecular formula is C22H25N5O. The number of hydrogen-bond acceptors (Lipinski definition) is 4. The Kier molecular flexibility index (Phi) is 5.46. The highest BCUT2D eigenvalue weighted by molar-refractivity contribution is 5.93. The maximum atomic E-state index is 12.9. The second-order valence-electron chi connectivity index (χ2n) is 7.15. The maximum Gasteiger partial charge on any atom is 0.227 e. The summed E-state index contributed by atoms with van der Waals surface area (Å²) in [5.74, 6) is 0.0876. The van der Waals surface area contributed by atoms with E-state index >= 15 is 0 Å². The Balaban J connectivity index is 1.85. The first kappa shape index (κ1) is 19.6. The molecule has 0 unspecified atom stereocenters. The quantitative estimate of drug-likeness (QED) is 0.679. The van der Waals surface area contributed by atoms with Crippen LogP contribution in [0.15, 0.2) is 24.4 Å². The zero-order chi connectivity index (χ0) is 20.4. The largest absolute Gasteiger partial charge is 0.313 e. The van der Waals surface area contributed by atoms with Gasteiger partial charge in [-0.25, -0.2) is 9.50 Å². The molecule has 3 aromatic rings. The van der Waals surface area contributed by atoms with Crippen LogP contribution < -0.4 is 4.90 Å². The van der Waals surface area contributed by atoms with Crippen molar-refractivity contribution in [1.82, 2.24) is 14.6 Å². The number of rotatable bonds is 5. The molecular weight excluding hydrogens is 350 g/mol. The molecule has 0 saturated carbocycles. The average molecular weight is 375 g/mol. The van der Waals surface area contributed by atoms with E-state index in [1.807, 2.05) is 51.7 Å². The van der Waals surface area contributed by atoms with Crippen molar-refractivity contribution in [3.8, 4) is 6.07 Å². The topological polar surface area (TPSA) is 74.3 Å². The van der Waals surface area contributed by atoms with Crippen LogP contribution in [0.25, 0.3) is 5.65 Å². The van der Waals surface area contributed by atoms with Gasteiger partial charge in [0.25, 0.3) is 0 Å². The summed E-state index contributed by atoms with van der Waals surface area (Å²) in [5.41, 5.74) is 7.03. The molecule has 6 heteroatoms. The molecule has 2 aromatic heterocycles. The van der Waals surface area contributed by atoms with Gasteiger partial charge in [-0.3, -0.25) is 4.79 Å². The van der Waals surface area contributed by atoms with Crippen LogP contribution in [0.1, 0.15) is 47.0 Å². The number of fused-ring (bicyclic) bond motifs is 1. The van der Waals surface area contributed by atoms with E-state index in [1.54, 1.807) is 4.52 Å². The molecule has 0 bridgehead atoms. The third-order valence-electron chi connectivity index (χ3n) is 5.05. The number of nitriles is 1. The van der Waals surface area contributed by atoms with Crippen molar-refractivity contribution in [1.29, 1.82) is 5.26 Å². The Morgan fingerprint density at radius 1 is 1.18 bits per heavy atom. The second-order valence-corrected chi connectivity index (χ2v) is 7.15. The Labute approximate surface area is 165 Å². The van der Waals surface area contributed by atoms with Crippen LogP contribution in [-0.4, -0.2) is 27.0 Å². The van der Waals surface area contributed by atoms with Crippen molar-refractivity contribution in [2.24, 2.45) is 0 Å². The third kappa shape index (κ3) is 3.61. The van der Waals surface area contributed by atoms with E-state index in [4.69, 9.17) is 0 Å². The highest BCUT2D eigenvalue weighted by Crippen LogP contribution is 2.22. The predicted octanol–water partition coefficient (Wildman–Crippen LogP) is 3.82. The Bertz CT molecular complexity index is 1070. The lowest BCUT2D eigenvalue weighted by atomic mass is 10.1. The van der Waals surface area contributed by atoms with Crippen molar-refractivity contribution in [3.63, 3.8) is 0 Å². The molecule has 1 aromatic carbocycles. The average Bonchev–Trinajstić information content (AvgIpc) is 3.04. The van der Waals surface area contributed by atoms with E-state index in [-0.39, 0.29) is 5.91 Å². The molecule has 2 heterocycles. The number of aromatic nitrogens is 3. The van der Waals surface area contributed by atoms with E-state index in [0.29, 0.717) is 30.6 Å². The monoisotopic (exact) mass is 375 g/mol. The lowest BCUT2D eigenvalue weighted by Gasteiger charge is -2.22. The molecule has 0 spiro atoms. The minimum absolute atomic E-state index is 0.0876. The SMILES string of the molecule is CCN(C(=O)CCc1c(C)nc2c(C#N)cnn2c1C)c1cc(C)cc(C)c1. The van der Waals surface area contributed by atoms with E-state index in [2.05, 4.69) is 22.2 Å². The summed E-state index contributed by atoms with van der Waals surface area (Å²) in [6.45, 7) is 10.6. The lowest BCUT2D eigenvalue weighted by Crippen LogP contribution is -2.31. The molecule has 0 radical (unpaired) electrons. The van der Waals surface area contributed by atoms with Crippen molar-refractivity contribution in [3.05, 3.63) is 58.0 Å². The number of anilines is 1. The molecule has 144 valence electrons. The van der Waals surface area contributed by atoms with Gasteiger partial charge in [-0.05, 0) is 69.9 Å². The number of hydrogen-bond donors (Lipinski definition) is 0. The van der Waals surface area contributed by atoms with Crippen molar-refractivity contribution < 1.29 is 4.79 Å². The van der Waals surface area contributed by atoms with Crippen LogP contribution in [0.5, 0.6) is 0 Å². The zero-order valence-corrected chi connectivity index (χ0v) is 17.1. The zero-order valence-electron chi connectivity index (χ0n) is 17.1. The van der Waals surface area contributed by atoms with Crippen LogP contribution >= 0.6 is 0 Å². The summed E-state index contributed by atoms with van der Waals surface area (Å²) in [6.07, 6.45) is 2.51. The van der Waals surface area contributed by atoms with E-state index < -0.39 is 0 Å². The van der Waals surface area contributed by atoms with Gasteiger partial charge in [-0.2, -0.15) is 10.4 Å². The van der Waals surface area contributed by atoms with Gasteiger partial charge in [0.05, 0.1) is 6.20 Å². The van der Waals surface area contributed by atoms with Crippen molar-refractivity contribution >= 4 is 17.2 Å². The summed E-state index contributed by atoms with van der Waals surface area (Å²) in [7, 11) is 0. The molecule has 6 nitrogen and oxygen atoms in total.